The van der Waals surface area contributed by atoms with Crippen molar-refractivity contribution < 1.29 is 9.53 Å². The molecule has 0 saturated carbocycles. The minimum absolute atomic E-state index is 0.117. The highest BCUT2D eigenvalue weighted by atomic mass is 16.5. The molecule has 19 heavy (non-hydrogen) atoms. The molecule has 3 heterocycles. The van der Waals surface area contributed by atoms with Crippen LogP contribution in [0.1, 0.15) is 32.6 Å². The first-order chi connectivity index (χ1) is 9.24. The Morgan fingerprint density at radius 2 is 2.21 bits per heavy atom. The molecule has 108 valence electrons. The SMILES string of the molecule is CC1CN2CCCCC2CN1CC1COCCC1=O. The molecule has 3 atom stereocenters. The predicted octanol–water partition coefficient (Wildman–Crippen LogP) is 1.15. The van der Waals surface area contributed by atoms with Gasteiger partial charge < -0.3 is 4.74 Å². The van der Waals surface area contributed by atoms with Gasteiger partial charge in [-0.3, -0.25) is 14.6 Å². The van der Waals surface area contributed by atoms with Crippen LogP contribution in [0, 0.1) is 5.92 Å². The average Bonchev–Trinajstić information content (AvgIpc) is 2.42. The highest BCUT2D eigenvalue weighted by molar-refractivity contribution is 5.82. The molecule has 0 radical (unpaired) electrons. The second-order valence-electron chi connectivity index (χ2n) is 6.44. The van der Waals surface area contributed by atoms with Gasteiger partial charge in [-0.25, -0.2) is 0 Å². The van der Waals surface area contributed by atoms with Crippen LogP contribution in [-0.2, 0) is 9.53 Å². The largest absolute Gasteiger partial charge is 0.380 e. The zero-order chi connectivity index (χ0) is 13.2. The summed E-state index contributed by atoms with van der Waals surface area (Å²) in [5.41, 5.74) is 0. The molecule has 3 unspecified atom stereocenters. The van der Waals surface area contributed by atoms with E-state index in [0.29, 0.717) is 31.5 Å². The molecule has 3 aliphatic heterocycles. The van der Waals surface area contributed by atoms with Crippen LogP contribution in [0.15, 0.2) is 0 Å². The molecule has 0 aromatic heterocycles. The number of ketones is 1. The van der Waals surface area contributed by atoms with Gasteiger partial charge in [0.1, 0.15) is 5.78 Å². The molecule has 0 N–H and O–H groups in total. The van der Waals surface area contributed by atoms with E-state index in [-0.39, 0.29) is 5.92 Å². The van der Waals surface area contributed by atoms with E-state index in [9.17, 15) is 4.79 Å². The molecular formula is C15H26N2O2. The fourth-order valence-corrected chi connectivity index (χ4v) is 3.80. The van der Waals surface area contributed by atoms with Crippen LogP contribution in [0.2, 0.25) is 0 Å². The topological polar surface area (TPSA) is 32.8 Å². The number of piperazine rings is 1. The van der Waals surface area contributed by atoms with E-state index in [1.54, 1.807) is 0 Å². The maximum absolute atomic E-state index is 11.9. The first kappa shape index (κ1) is 13.5. The second-order valence-corrected chi connectivity index (χ2v) is 6.44. The third kappa shape index (κ3) is 3.01. The summed E-state index contributed by atoms with van der Waals surface area (Å²) in [6.07, 6.45) is 4.67. The third-order valence-corrected chi connectivity index (χ3v) is 5.04. The zero-order valence-electron chi connectivity index (χ0n) is 12.0. The van der Waals surface area contributed by atoms with Gasteiger partial charge in [-0.1, -0.05) is 6.42 Å². The fourth-order valence-electron chi connectivity index (χ4n) is 3.80. The average molecular weight is 266 g/mol. The number of piperidine rings is 1. The Hall–Kier alpha value is -0.450. The normalized spacial score (nSPS) is 38.2. The Bertz CT molecular complexity index is 334. The summed E-state index contributed by atoms with van der Waals surface area (Å²) < 4.78 is 5.48. The van der Waals surface area contributed by atoms with Crippen molar-refractivity contribution in [3.8, 4) is 0 Å². The van der Waals surface area contributed by atoms with E-state index < -0.39 is 0 Å². The number of carbonyl (C=O) groups is 1. The molecule has 0 amide bonds. The molecule has 0 aliphatic carbocycles. The maximum atomic E-state index is 11.9. The number of Topliss-reactive ketones (excluding diaryl/α,β-unsaturated/α-hetero) is 1. The van der Waals surface area contributed by atoms with E-state index in [1.807, 2.05) is 0 Å². The van der Waals surface area contributed by atoms with Crippen LogP contribution >= 0.6 is 0 Å². The van der Waals surface area contributed by atoms with Gasteiger partial charge in [0.2, 0.25) is 0 Å². The van der Waals surface area contributed by atoms with Crippen molar-refractivity contribution in [1.82, 2.24) is 9.80 Å². The third-order valence-electron chi connectivity index (χ3n) is 5.04. The van der Waals surface area contributed by atoms with Gasteiger partial charge in [0.05, 0.1) is 19.1 Å². The summed E-state index contributed by atoms with van der Waals surface area (Å²) in [6, 6.07) is 1.30. The maximum Gasteiger partial charge on any atom is 0.141 e. The first-order valence-corrected chi connectivity index (χ1v) is 7.82. The van der Waals surface area contributed by atoms with Crippen molar-refractivity contribution in [3.63, 3.8) is 0 Å². The predicted molar refractivity (Wildman–Crippen MR) is 74.2 cm³/mol. The van der Waals surface area contributed by atoms with Gasteiger partial charge >= 0.3 is 0 Å². The summed E-state index contributed by atoms with van der Waals surface area (Å²) >= 11 is 0. The van der Waals surface area contributed by atoms with Gasteiger partial charge in [-0.05, 0) is 26.3 Å². The zero-order valence-corrected chi connectivity index (χ0v) is 12.0. The first-order valence-electron chi connectivity index (χ1n) is 7.82. The van der Waals surface area contributed by atoms with Gasteiger partial charge in [-0.15, -0.1) is 0 Å². The highest BCUT2D eigenvalue weighted by Gasteiger charge is 2.35. The van der Waals surface area contributed by atoms with Crippen LogP contribution in [0.25, 0.3) is 0 Å². The Kier molecular flexibility index (Phi) is 4.20. The molecule has 4 heteroatoms. The molecular weight excluding hydrogens is 240 g/mol. The van der Waals surface area contributed by atoms with Crippen molar-refractivity contribution in [1.29, 1.82) is 0 Å². The Morgan fingerprint density at radius 1 is 1.32 bits per heavy atom. The molecule has 3 fully saturated rings. The van der Waals surface area contributed by atoms with Crippen LogP contribution in [0.3, 0.4) is 0 Å². The van der Waals surface area contributed by atoms with Crippen LogP contribution in [-0.4, -0.2) is 67.1 Å². The minimum Gasteiger partial charge on any atom is -0.380 e. The van der Waals surface area contributed by atoms with E-state index >= 15 is 0 Å². The number of ether oxygens (including phenoxy) is 1. The Balaban J connectivity index is 1.59. The molecule has 3 rings (SSSR count). The molecule has 4 nitrogen and oxygen atoms in total. The Labute approximate surface area is 116 Å². The second kappa shape index (κ2) is 5.90. The van der Waals surface area contributed by atoms with Gasteiger partial charge in [-0.2, -0.15) is 0 Å². The van der Waals surface area contributed by atoms with E-state index in [2.05, 4.69) is 16.7 Å². The van der Waals surface area contributed by atoms with Crippen LogP contribution < -0.4 is 0 Å². The van der Waals surface area contributed by atoms with E-state index in [1.165, 1.54) is 32.4 Å². The number of rotatable bonds is 2. The smallest absolute Gasteiger partial charge is 0.141 e. The lowest BCUT2D eigenvalue weighted by Gasteiger charge is -2.48. The summed E-state index contributed by atoms with van der Waals surface area (Å²) in [4.78, 5) is 17.1. The van der Waals surface area contributed by atoms with Gasteiger partial charge in [0.25, 0.3) is 0 Å². The van der Waals surface area contributed by atoms with E-state index in [4.69, 9.17) is 4.74 Å². The van der Waals surface area contributed by atoms with Crippen LogP contribution in [0.5, 0.6) is 0 Å². The van der Waals surface area contributed by atoms with Gasteiger partial charge in [0.15, 0.2) is 0 Å². The summed E-state index contributed by atoms with van der Waals surface area (Å²) in [5, 5.41) is 0. The standard InChI is InChI=1S/C15H26N2O2/c1-12-8-16-6-3-2-4-14(16)10-17(12)9-13-11-19-7-5-15(13)18/h12-14H,2-11H2,1H3. The Morgan fingerprint density at radius 3 is 3.05 bits per heavy atom. The lowest BCUT2D eigenvalue weighted by molar-refractivity contribution is -0.132. The quantitative estimate of drug-likeness (QED) is 0.750. The minimum atomic E-state index is 0.117. The molecule has 0 bridgehead atoms. The molecule has 3 saturated heterocycles. The number of hydrogen-bond acceptors (Lipinski definition) is 4. The van der Waals surface area contributed by atoms with Crippen molar-refractivity contribution in [3.05, 3.63) is 0 Å². The number of carbonyl (C=O) groups excluding carboxylic acids is 1. The molecule has 3 aliphatic rings. The lowest BCUT2D eigenvalue weighted by atomic mass is 9.94. The summed E-state index contributed by atoms with van der Waals surface area (Å²) in [5.74, 6) is 0.524. The summed E-state index contributed by atoms with van der Waals surface area (Å²) in [6.45, 7) is 8.06. The van der Waals surface area contributed by atoms with Crippen molar-refractivity contribution in [2.75, 3.05) is 39.4 Å². The number of fused-ring (bicyclic) bond motifs is 1. The number of hydrogen-bond donors (Lipinski definition) is 0. The van der Waals surface area contributed by atoms with Crippen LogP contribution in [0.4, 0.5) is 0 Å². The van der Waals surface area contributed by atoms with Gasteiger partial charge in [0, 0.05) is 38.1 Å². The summed E-state index contributed by atoms with van der Waals surface area (Å²) in [7, 11) is 0. The lowest BCUT2D eigenvalue weighted by Crippen LogP contribution is -2.60. The van der Waals surface area contributed by atoms with Crippen molar-refractivity contribution in [2.45, 2.75) is 44.7 Å². The molecule has 0 aromatic carbocycles. The van der Waals surface area contributed by atoms with Crippen molar-refractivity contribution >= 4 is 5.78 Å². The highest BCUT2D eigenvalue weighted by Crippen LogP contribution is 2.25. The fraction of sp³-hybridized carbons (Fsp3) is 0.933. The molecule has 0 spiro atoms. The van der Waals surface area contributed by atoms with Crippen molar-refractivity contribution in [2.24, 2.45) is 5.92 Å². The van der Waals surface area contributed by atoms with E-state index in [0.717, 1.165) is 19.1 Å². The number of nitrogens with zero attached hydrogens (tertiary/aromatic N) is 2. The monoisotopic (exact) mass is 266 g/mol. The molecule has 0 aromatic rings.